The third-order valence-electron chi connectivity index (χ3n) is 2.15. The number of hydrogen-bond donors (Lipinski definition) is 1. The summed E-state index contributed by atoms with van der Waals surface area (Å²) < 4.78 is 5.24. The zero-order chi connectivity index (χ0) is 8.10. The normalized spacial score (nSPS) is 23.5. The van der Waals surface area contributed by atoms with Crippen LogP contribution in [-0.2, 0) is 9.57 Å². The maximum atomic E-state index is 5.24. The molecule has 1 aliphatic rings. The van der Waals surface area contributed by atoms with Crippen LogP contribution in [0.3, 0.4) is 0 Å². The molecule has 0 saturated carbocycles. The first kappa shape index (κ1) is 8.97. The quantitative estimate of drug-likeness (QED) is 0.449. The van der Waals surface area contributed by atoms with Crippen molar-refractivity contribution >= 4 is 0 Å². The minimum atomic E-state index is 0.733. The molecular formula is C8H17NO2. The molecule has 1 N–H and O–H groups in total. The summed E-state index contributed by atoms with van der Waals surface area (Å²) in [6, 6.07) is 0. The Morgan fingerprint density at radius 3 is 2.73 bits per heavy atom. The van der Waals surface area contributed by atoms with Gasteiger partial charge in [0.1, 0.15) is 0 Å². The summed E-state index contributed by atoms with van der Waals surface area (Å²) in [6.07, 6.45) is 2.31. The van der Waals surface area contributed by atoms with Crippen LogP contribution >= 0.6 is 0 Å². The fourth-order valence-corrected chi connectivity index (χ4v) is 1.36. The van der Waals surface area contributed by atoms with Crippen molar-refractivity contribution in [2.45, 2.75) is 12.8 Å². The molecule has 3 nitrogen and oxygen atoms in total. The van der Waals surface area contributed by atoms with Gasteiger partial charge in [-0.3, -0.25) is 0 Å². The number of rotatable bonds is 3. The van der Waals surface area contributed by atoms with Crippen molar-refractivity contribution in [1.82, 2.24) is 0 Å². The molecule has 1 aliphatic heterocycles. The minimum Gasteiger partial charge on any atom is -0.381 e. The molecule has 0 aliphatic carbocycles. The second kappa shape index (κ2) is 4.70. The lowest BCUT2D eigenvalue weighted by Gasteiger charge is -2.26. The van der Waals surface area contributed by atoms with Gasteiger partial charge in [0.25, 0.3) is 0 Å². The van der Waals surface area contributed by atoms with Crippen molar-refractivity contribution < 1.29 is 14.6 Å². The maximum Gasteiger partial charge on any atom is 0.0921 e. The smallest absolute Gasteiger partial charge is 0.0921 e. The summed E-state index contributed by atoms with van der Waals surface area (Å²) in [7, 11) is 5.49. The Kier molecular flexibility index (Phi) is 3.83. The molecule has 1 unspecified atom stereocenters. The molecule has 0 amide bonds. The van der Waals surface area contributed by atoms with Crippen molar-refractivity contribution in [3.63, 3.8) is 0 Å². The Hall–Kier alpha value is -0.120. The molecule has 0 spiro atoms. The van der Waals surface area contributed by atoms with Gasteiger partial charge in [-0.2, -0.15) is 0 Å². The third kappa shape index (κ3) is 3.18. The predicted molar refractivity (Wildman–Crippen MR) is 41.7 cm³/mol. The van der Waals surface area contributed by atoms with Crippen LogP contribution in [0.25, 0.3) is 0 Å². The van der Waals surface area contributed by atoms with Crippen molar-refractivity contribution in [2.75, 3.05) is 26.9 Å². The molecule has 1 fully saturated rings. The zero-order valence-corrected chi connectivity index (χ0v) is 7.14. The van der Waals surface area contributed by atoms with E-state index in [1.165, 1.54) is 0 Å². The van der Waals surface area contributed by atoms with Crippen LogP contribution in [-0.4, -0.2) is 26.9 Å². The molecule has 1 heterocycles. The van der Waals surface area contributed by atoms with Crippen LogP contribution < -0.4 is 5.06 Å². The zero-order valence-electron chi connectivity index (χ0n) is 7.14. The monoisotopic (exact) mass is 159 g/mol. The van der Waals surface area contributed by atoms with Crippen LogP contribution in [0.15, 0.2) is 0 Å². The van der Waals surface area contributed by atoms with E-state index in [1.807, 2.05) is 0 Å². The van der Waals surface area contributed by atoms with E-state index in [1.54, 1.807) is 7.11 Å². The van der Waals surface area contributed by atoms with Crippen LogP contribution in [0.1, 0.15) is 12.8 Å². The van der Waals surface area contributed by atoms with Gasteiger partial charge in [-0.25, -0.2) is 4.84 Å². The van der Waals surface area contributed by atoms with E-state index in [0.29, 0.717) is 0 Å². The minimum absolute atomic E-state index is 0.733. The van der Waals surface area contributed by atoms with E-state index in [4.69, 9.17) is 9.57 Å². The molecule has 66 valence electrons. The van der Waals surface area contributed by atoms with Crippen LogP contribution in [0.5, 0.6) is 0 Å². The fourth-order valence-electron chi connectivity index (χ4n) is 1.36. The summed E-state index contributed by atoms with van der Waals surface area (Å²) >= 11 is 0. The van der Waals surface area contributed by atoms with Gasteiger partial charge in [0, 0.05) is 19.1 Å². The van der Waals surface area contributed by atoms with E-state index in [0.717, 1.165) is 43.6 Å². The van der Waals surface area contributed by atoms with Gasteiger partial charge in [-0.1, -0.05) is 0 Å². The molecule has 3 heteroatoms. The van der Waals surface area contributed by atoms with E-state index < -0.39 is 0 Å². The fraction of sp³-hybridized carbons (Fsp3) is 0.875. The molecule has 0 aromatic carbocycles. The lowest BCUT2D eigenvalue weighted by atomic mass is 10.0. The summed E-state index contributed by atoms with van der Waals surface area (Å²) in [4.78, 5) is 5.02. The van der Waals surface area contributed by atoms with Gasteiger partial charge in [0.05, 0.1) is 13.7 Å². The Labute approximate surface area is 68.2 Å². The molecular weight excluding hydrogens is 142 g/mol. The summed E-state index contributed by atoms with van der Waals surface area (Å²) in [5, 5.41) is 0.900. The van der Waals surface area contributed by atoms with E-state index >= 15 is 0 Å². The molecule has 1 atom stereocenters. The summed E-state index contributed by atoms with van der Waals surface area (Å²) in [5.74, 6) is 0.733. The van der Waals surface area contributed by atoms with Crippen molar-refractivity contribution in [3.05, 3.63) is 7.05 Å². The first-order valence-corrected chi connectivity index (χ1v) is 4.12. The number of nitrogens with one attached hydrogen (secondary N) is 1. The average Bonchev–Trinajstić information content (AvgIpc) is 2.06. The Morgan fingerprint density at radius 2 is 2.18 bits per heavy atom. The lowest BCUT2D eigenvalue weighted by molar-refractivity contribution is -1.05. The Balaban J connectivity index is 2.13. The highest BCUT2D eigenvalue weighted by atomic mass is 16.7. The van der Waals surface area contributed by atoms with Gasteiger partial charge < -0.3 is 9.80 Å². The molecule has 0 aromatic rings. The second-order valence-electron chi connectivity index (χ2n) is 3.00. The van der Waals surface area contributed by atoms with Gasteiger partial charge in [0.15, 0.2) is 0 Å². The maximum absolute atomic E-state index is 5.24. The summed E-state index contributed by atoms with van der Waals surface area (Å²) in [5.41, 5.74) is 0. The van der Waals surface area contributed by atoms with Gasteiger partial charge >= 0.3 is 0 Å². The third-order valence-corrected chi connectivity index (χ3v) is 2.15. The van der Waals surface area contributed by atoms with Crippen molar-refractivity contribution in [1.29, 1.82) is 0 Å². The van der Waals surface area contributed by atoms with Gasteiger partial charge in [-0.15, -0.1) is 7.05 Å². The molecule has 0 radical (unpaired) electrons. The molecule has 1 rings (SSSR count). The van der Waals surface area contributed by atoms with E-state index in [-0.39, 0.29) is 0 Å². The van der Waals surface area contributed by atoms with E-state index in [9.17, 15) is 0 Å². The number of ether oxygens (including phenoxy) is 1. The summed E-state index contributed by atoms with van der Waals surface area (Å²) in [6.45, 7) is 2.81. The predicted octanol–water partition coefficient (Wildman–Crippen LogP) is -0.349. The van der Waals surface area contributed by atoms with E-state index in [2.05, 4.69) is 7.05 Å². The number of hydroxylamine groups is 2. The molecule has 0 bridgehead atoms. The van der Waals surface area contributed by atoms with Gasteiger partial charge in [-0.05, 0) is 12.8 Å². The largest absolute Gasteiger partial charge is 0.381 e. The lowest BCUT2D eigenvalue weighted by Crippen LogP contribution is -3.06. The molecule has 11 heavy (non-hydrogen) atoms. The molecule has 1 saturated heterocycles. The molecule has 0 aromatic heterocycles. The first-order valence-electron chi connectivity index (χ1n) is 4.12. The topological polar surface area (TPSA) is 22.9 Å². The number of hydrogen-bond acceptors (Lipinski definition) is 2. The Morgan fingerprint density at radius 1 is 1.55 bits per heavy atom. The first-order chi connectivity index (χ1) is 5.33. The highest BCUT2D eigenvalue weighted by Crippen LogP contribution is 2.11. The van der Waals surface area contributed by atoms with Crippen LogP contribution in [0, 0.1) is 13.0 Å². The highest BCUT2D eigenvalue weighted by molar-refractivity contribution is 4.60. The van der Waals surface area contributed by atoms with Crippen molar-refractivity contribution in [3.8, 4) is 0 Å². The highest BCUT2D eigenvalue weighted by Gasteiger charge is 2.15. The SMILES string of the molecule is [CH2-][NH+](CC1CCOCC1)OC. The second-order valence-corrected chi connectivity index (χ2v) is 3.00. The Bertz CT molecular complexity index is 102. The van der Waals surface area contributed by atoms with Crippen LogP contribution in [0.4, 0.5) is 0 Å². The van der Waals surface area contributed by atoms with Crippen molar-refractivity contribution in [2.24, 2.45) is 5.92 Å². The van der Waals surface area contributed by atoms with Gasteiger partial charge in [0.2, 0.25) is 0 Å². The van der Waals surface area contributed by atoms with Crippen LogP contribution in [0.2, 0.25) is 0 Å². The number of quaternary nitrogens is 1. The standard InChI is InChI=1S/C8H17NO2/c1-9(10-2)7-8-3-5-11-6-4-8/h8-9H,1,3-7H2,2H3. The average molecular weight is 159 g/mol.